The topological polar surface area (TPSA) is 117 Å². The number of hydrogen-bond acceptors (Lipinski definition) is 9. The molecule has 10 heteroatoms. The summed E-state index contributed by atoms with van der Waals surface area (Å²) in [5.41, 5.74) is 12.5. The Morgan fingerprint density at radius 3 is 2.75 bits per heavy atom. The van der Waals surface area contributed by atoms with Gasteiger partial charge in [-0.15, -0.1) is 16.4 Å². The Hall–Kier alpha value is -2.92. The van der Waals surface area contributed by atoms with Gasteiger partial charge >= 0.3 is 0 Å². The molecule has 1 aromatic heterocycles. The molecule has 2 heterocycles. The second kappa shape index (κ2) is 10.6. The first kappa shape index (κ1) is 22.3. The van der Waals surface area contributed by atoms with Crippen molar-refractivity contribution in [1.82, 2.24) is 15.4 Å². The van der Waals surface area contributed by atoms with Gasteiger partial charge < -0.3 is 20.7 Å². The molecule has 1 saturated heterocycles. The zero-order valence-corrected chi connectivity index (χ0v) is 19.1. The van der Waals surface area contributed by atoms with E-state index >= 15 is 0 Å². The maximum atomic E-state index is 6.17. The molecule has 1 fully saturated rings. The number of thiazole rings is 1. The summed E-state index contributed by atoms with van der Waals surface area (Å²) < 4.78 is 6.38. The number of nitrogens with one attached hydrogen (secondary N) is 2. The Morgan fingerprint density at radius 2 is 2.00 bits per heavy atom. The first-order valence-corrected chi connectivity index (χ1v) is 11.5. The SMILES string of the molecule is COCCNc1ccc(/C(N)=N/NN)c(N2CCN(Cc3nc4ccccc4s3)CC2)c1. The molecular weight excluding hydrogens is 424 g/mol. The minimum Gasteiger partial charge on any atom is -0.383 e. The van der Waals surface area contributed by atoms with Crippen LogP contribution in [0.15, 0.2) is 47.6 Å². The summed E-state index contributed by atoms with van der Waals surface area (Å²) >= 11 is 1.78. The smallest absolute Gasteiger partial charge is 0.154 e. The number of rotatable bonds is 9. The van der Waals surface area contributed by atoms with Gasteiger partial charge in [0.1, 0.15) is 5.01 Å². The molecule has 2 aromatic carbocycles. The van der Waals surface area contributed by atoms with E-state index < -0.39 is 0 Å². The monoisotopic (exact) mass is 454 g/mol. The van der Waals surface area contributed by atoms with Gasteiger partial charge in [0.15, 0.2) is 5.84 Å². The normalized spacial score (nSPS) is 15.3. The minimum absolute atomic E-state index is 0.364. The Labute approximate surface area is 192 Å². The highest BCUT2D eigenvalue weighted by atomic mass is 32.1. The number of piperazine rings is 1. The van der Waals surface area contributed by atoms with E-state index in [1.807, 2.05) is 18.2 Å². The molecule has 0 radical (unpaired) electrons. The van der Waals surface area contributed by atoms with E-state index in [0.717, 1.165) is 66.7 Å². The van der Waals surface area contributed by atoms with Crippen molar-refractivity contribution in [3.63, 3.8) is 0 Å². The summed E-state index contributed by atoms with van der Waals surface area (Å²) in [7, 11) is 1.70. The van der Waals surface area contributed by atoms with Crippen LogP contribution in [-0.4, -0.2) is 62.2 Å². The quantitative estimate of drug-likeness (QED) is 0.127. The Kier molecular flexibility index (Phi) is 7.38. The molecule has 9 nitrogen and oxygen atoms in total. The predicted octanol–water partition coefficient (Wildman–Crippen LogP) is 1.76. The molecule has 32 heavy (non-hydrogen) atoms. The van der Waals surface area contributed by atoms with Crippen molar-refractivity contribution in [2.24, 2.45) is 16.7 Å². The number of aromatic nitrogens is 1. The molecular formula is C22H30N8OS. The van der Waals surface area contributed by atoms with Crippen molar-refractivity contribution in [1.29, 1.82) is 0 Å². The van der Waals surface area contributed by atoms with Crippen molar-refractivity contribution >= 4 is 38.8 Å². The molecule has 1 aliphatic heterocycles. The van der Waals surface area contributed by atoms with E-state index in [-0.39, 0.29) is 0 Å². The van der Waals surface area contributed by atoms with Crippen LogP contribution in [0.25, 0.3) is 10.2 Å². The van der Waals surface area contributed by atoms with Gasteiger partial charge in [-0.2, -0.15) is 0 Å². The number of hydrazone groups is 1. The lowest BCUT2D eigenvalue weighted by molar-refractivity contribution is 0.211. The lowest BCUT2D eigenvalue weighted by Gasteiger charge is -2.36. The zero-order chi connectivity index (χ0) is 22.3. The number of para-hydroxylation sites is 1. The number of hydrogen-bond donors (Lipinski definition) is 4. The van der Waals surface area contributed by atoms with Crippen LogP contribution in [0.4, 0.5) is 11.4 Å². The first-order valence-electron chi connectivity index (χ1n) is 10.7. The van der Waals surface area contributed by atoms with Gasteiger partial charge in [0.25, 0.3) is 0 Å². The molecule has 170 valence electrons. The fourth-order valence-corrected chi connectivity index (χ4v) is 4.88. The molecule has 1 aliphatic rings. The minimum atomic E-state index is 0.364. The number of nitrogens with zero attached hydrogens (tertiary/aromatic N) is 4. The van der Waals surface area contributed by atoms with Crippen molar-refractivity contribution in [3.05, 3.63) is 53.0 Å². The number of nitrogens with two attached hydrogens (primary N) is 2. The van der Waals surface area contributed by atoms with Gasteiger partial charge in [0.2, 0.25) is 0 Å². The van der Waals surface area contributed by atoms with Crippen LogP contribution in [0.1, 0.15) is 10.6 Å². The number of fused-ring (bicyclic) bond motifs is 1. The predicted molar refractivity (Wildman–Crippen MR) is 132 cm³/mol. The van der Waals surface area contributed by atoms with Crippen LogP contribution in [0.2, 0.25) is 0 Å². The van der Waals surface area contributed by atoms with Crippen molar-refractivity contribution in [3.8, 4) is 0 Å². The van der Waals surface area contributed by atoms with Gasteiger partial charge in [-0.3, -0.25) is 4.90 Å². The molecule has 6 N–H and O–H groups in total. The molecule has 0 bridgehead atoms. The summed E-state index contributed by atoms with van der Waals surface area (Å²) in [5, 5.41) is 8.53. The first-order chi connectivity index (χ1) is 15.7. The fourth-order valence-electron chi connectivity index (χ4n) is 3.87. The fraction of sp³-hybridized carbons (Fsp3) is 0.364. The van der Waals surface area contributed by atoms with E-state index in [1.54, 1.807) is 18.4 Å². The maximum absolute atomic E-state index is 6.17. The zero-order valence-electron chi connectivity index (χ0n) is 18.3. The lowest BCUT2D eigenvalue weighted by Crippen LogP contribution is -2.46. The molecule has 3 aromatic rings. The van der Waals surface area contributed by atoms with Crippen molar-refractivity contribution in [2.45, 2.75) is 6.54 Å². The Bertz CT molecular complexity index is 1030. The number of amidine groups is 1. The Morgan fingerprint density at radius 1 is 1.19 bits per heavy atom. The summed E-state index contributed by atoms with van der Waals surface area (Å²) in [4.78, 5) is 9.59. The van der Waals surface area contributed by atoms with Crippen LogP contribution in [0.5, 0.6) is 0 Å². The van der Waals surface area contributed by atoms with Gasteiger partial charge in [-0.25, -0.2) is 16.4 Å². The molecule has 0 saturated carbocycles. The van der Waals surface area contributed by atoms with Crippen LogP contribution < -0.4 is 27.3 Å². The summed E-state index contributed by atoms with van der Waals surface area (Å²) in [6.45, 7) is 5.93. The van der Waals surface area contributed by atoms with Crippen molar-refractivity contribution in [2.75, 3.05) is 56.7 Å². The van der Waals surface area contributed by atoms with E-state index in [4.69, 9.17) is 21.3 Å². The molecule has 0 atom stereocenters. The molecule has 0 aliphatic carbocycles. The van der Waals surface area contributed by atoms with E-state index in [9.17, 15) is 0 Å². The van der Waals surface area contributed by atoms with Crippen LogP contribution >= 0.6 is 11.3 Å². The van der Waals surface area contributed by atoms with E-state index in [1.165, 1.54) is 4.70 Å². The molecule has 0 spiro atoms. The summed E-state index contributed by atoms with van der Waals surface area (Å²) in [5.74, 6) is 5.72. The largest absolute Gasteiger partial charge is 0.383 e. The van der Waals surface area contributed by atoms with E-state index in [0.29, 0.717) is 12.4 Å². The number of hydrazine groups is 1. The molecule has 0 amide bonds. The van der Waals surface area contributed by atoms with Crippen LogP contribution in [0, 0.1) is 0 Å². The second-order valence-electron chi connectivity index (χ2n) is 7.62. The second-order valence-corrected chi connectivity index (χ2v) is 8.73. The van der Waals surface area contributed by atoms with Gasteiger partial charge in [-0.05, 0) is 30.3 Å². The maximum Gasteiger partial charge on any atom is 0.154 e. The highest BCUT2D eigenvalue weighted by molar-refractivity contribution is 7.18. The number of benzene rings is 2. The lowest BCUT2D eigenvalue weighted by atomic mass is 10.1. The molecule has 0 unspecified atom stereocenters. The Balaban J connectivity index is 1.45. The highest BCUT2D eigenvalue weighted by Crippen LogP contribution is 2.27. The summed E-state index contributed by atoms with van der Waals surface area (Å²) in [6, 6.07) is 14.4. The third-order valence-electron chi connectivity index (χ3n) is 5.50. The third-order valence-corrected chi connectivity index (χ3v) is 6.53. The average Bonchev–Trinajstić information content (AvgIpc) is 3.22. The average molecular weight is 455 g/mol. The number of methoxy groups -OCH3 is 1. The van der Waals surface area contributed by atoms with Crippen LogP contribution in [0.3, 0.4) is 0 Å². The summed E-state index contributed by atoms with van der Waals surface area (Å²) in [6.07, 6.45) is 0. The highest BCUT2D eigenvalue weighted by Gasteiger charge is 2.22. The van der Waals surface area contributed by atoms with Gasteiger partial charge in [0, 0.05) is 56.8 Å². The van der Waals surface area contributed by atoms with Gasteiger partial charge in [-0.1, -0.05) is 12.1 Å². The third kappa shape index (κ3) is 5.28. The van der Waals surface area contributed by atoms with Gasteiger partial charge in [0.05, 0.1) is 23.4 Å². The van der Waals surface area contributed by atoms with Crippen LogP contribution in [-0.2, 0) is 11.3 Å². The van der Waals surface area contributed by atoms with Crippen molar-refractivity contribution < 1.29 is 4.74 Å². The van der Waals surface area contributed by atoms with E-state index in [2.05, 4.69) is 50.0 Å². The number of anilines is 2. The number of ether oxygens (including phenoxy) is 1. The molecule has 4 rings (SSSR count). The standard InChI is InChI=1S/C22H30N8OS/c1-31-13-8-25-16-6-7-17(22(23)27-28-24)19(14-16)30-11-9-29(10-12-30)15-21-26-18-4-2-3-5-20(18)32-21/h2-7,14,25,28H,8-13,15,24H2,1H3,(H2,23,27).